The lowest BCUT2D eigenvalue weighted by molar-refractivity contribution is -0.137. The van der Waals surface area contributed by atoms with Crippen molar-refractivity contribution in [2.45, 2.75) is 30.9 Å². The number of amides is 2. The second-order valence-corrected chi connectivity index (χ2v) is 8.54. The van der Waals surface area contributed by atoms with Gasteiger partial charge in [-0.05, 0) is 48.2 Å². The van der Waals surface area contributed by atoms with Crippen LogP contribution in [-0.2, 0) is 20.7 Å². The number of nitrogens with zero attached hydrogens (tertiary/aromatic N) is 2. The fraction of sp³-hybridized carbons (Fsp3) is 0.280. The number of oxazole rings is 1. The molecule has 0 saturated carbocycles. The van der Waals surface area contributed by atoms with Crippen molar-refractivity contribution in [2.75, 3.05) is 13.2 Å². The largest absolute Gasteiger partial charge is 0.508 e. The van der Waals surface area contributed by atoms with Gasteiger partial charge >= 0.3 is 0 Å². The Balaban J connectivity index is 1.61. The van der Waals surface area contributed by atoms with Gasteiger partial charge in [0.2, 0.25) is 11.8 Å². The van der Waals surface area contributed by atoms with Crippen molar-refractivity contribution in [3.8, 4) is 17.1 Å². The summed E-state index contributed by atoms with van der Waals surface area (Å²) in [5.74, 6) is -1.40. The Morgan fingerprint density at radius 3 is 2.82 bits per heavy atom. The van der Waals surface area contributed by atoms with Gasteiger partial charge in [-0.25, -0.2) is 4.98 Å². The quantitative estimate of drug-likeness (QED) is 0.573. The number of fused-ring (bicyclic) bond motifs is 1. The monoisotopic (exact) mass is 461 g/mol. The van der Waals surface area contributed by atoms with E-state index in [0.29, 0.717) is 35.4 Å². The third-order valence-corrected chi connectivity index (χ3v) is 6.45. The molecule has 3 aromatic rings. The van der Waals surface area contributed by atoms with E-state index in [0.717, 1.165) is 0 Å². The van der Waals surface area contributed by atoms with E-state index in [2.05, 4.69) is 4.98 Å². The third kappa shape index (κ3) is 3.94. The summed E-state index contributed by atoms with van der Waals surface area (Å²) in [4.78, 5) is 44.3. The molecule has 2 aliphatic heterocycles. The first-order chi connectivity index (χ1) is 16.4. The second-order valence-electron chi connectivity index (χ2n) is 8.54. The van der Waals surface area contributed by atoms with Crippen molar-refractivity contribution in [3.05, 3.63) is 71.7 Å². The summed E-state index contributed by atoms with van der Waals surface area (Å²) < 4.78 is 11.0. The van der Waals surface area contributed by atoms with E-state index < -0.39 is 17.9 Å². The van der Waals surface area contributed by atoms with Gasteiger partial charge in [0.15, 0.2) is 17.9 Å². The van der Waals surface area contributed by atoms with Gasteiger partial charge in [-0.1, -0.05) is 18.2 Å². The molecule has 3 atom stereocenters. The zero-order valence-electron chi connectivity index (χ0n) is 18.2. The first-order valence-corrected chi connectivity index (χ1v) is 11.0. The highest BCUT2D eigenvalue weighted by molar-refractivity contribution is 5.99. The summed E-state index contributed by atoms with van der Waals surface area (Å²) in [7, 11) is 0. The van der Waals surface area contributed by atoms with E-state index in [9.17, 15) is 19.5 Å². The molecule has 0 aliphatic carbocycles. The maximum atomic E-state index is 14.0. The predicted molar refractivity (Wildman–Crippen MR) is 120 cm³/mol. The number of primary amides is 1. The number of ether oxygens (including phenoxy) is 1. The Hall–Kier alpha value is -3.98. The minimum atomic E-state index is -0.834. The molecule has 174 valence electrons. The number of aromatic nitrogens is 1. The summed E-state index contributed by atoms with van der Waals surface area (Å²) in [5, 5.41) is 9.97. The van der Waals surface area contributed by atoms with Gasteiger partial charge in [-0.2, -0.15) is 0 Å². The summed E-state index contributed by atoms with van der Waals surface area (Å²) in [5.41, 5.74) is 7.64. The standard InChI is InChI=1S/C25H23N3O6/c26-24(31)17-5-4-15(22-11-27-13-34-22)10-18(17)19(9-14-2-1-3-16(29)8-14)25(32)28-7-6-21-23(28)20(30)12-33-21/h1-5,8,10-11,13,19,21,23,29H,6-7,9,12H2,(H2,26,31). The van der Waals surface area contributed by atoms with Crippen molar-refractivity contribution in [2.24, 2.45) is 5.73 Å². The van der Waals surface area contributed by atoms with Crippen molar-refractivity contribution < 1.29 is 28.6 Å². The van der Waals surface area contributed by atoms with Crippen LogP contribution >= 0.6 is 0 Å². The number of phenolic OH excluding ortho intramolecular Hbond substituents is 1. The number of benzene rings is 2. The molecule has 2 aromatic carbocycles. The normalized spacial score (nSPS) is 20.4. The SMILES string of the molecule is NC(=O)c1ccc(-c2cnco2)cc1C(Cc1cccc(O)c1)C(=O)N1CCC2OCC(=O)C21. The number of carbonyl (C=O) groups is 3. The van der Waals surface area contributed by atoms with Gasteiger partial charge in [0.25, 0.3) is 0 Å². The van der Waals surface area contributed by atoms with E-state index in [1.807, 2.05) is 0 Å². The van der Waals surface area contributed by atoms with Crippen LogP contribution in [0.4, 0.5) is 0 Å². The van der Waals surface area contributed by atoms with Crippen LogP contribution in [-0.4, -0.2) is 57.9 Å². The Bertz CT molecular complexity index is 1260. The highest BCUT2D eigenvalue weighted by atomic mass is 16.5. The topological polar surface area (TPSA) is 136 Å². The maximum Gasteiger partial charge on any atom is 0.249 e. The molecule has 9 nitrogen and oxygen atoms in total. The minimum absolute atomic E-state index is 0.0101. The van der Waals surface area contributed by atoms with Crippen LogP contribution in [0.3, 0.4) is 0 Å². The lowest BCUT2D eigenvalue weighted by Crippen LogP contribution is -2.44. The Kier molecular flexibility index (Phi) is 5.62. The average molecular weight is 461 g/mol. The highest BCUT2D eigenvalue weighted by Gasteiger charge is 2.48. The van der Waals surface area contributed by atoms with Crippen LogP contribution in [0, 0.1) is 0 Å². The second kappa shape index (κ2) is 8.75. The van der Waals surface area contributed by atoms with Crippen molar-refractivity contribution in [3.63, 3.8) is 0 Å². The zero-order valence-corrected chi connectivity index (χ0v) is 18.2. The molecule has 2 saturated heterocycles. The molecular formula is C25H23N3O6. The molecule has 1 aromatic heterocycles. The molecule has 0 bridgehead atoms. The van der Waals surface area contributed by atoms with Gasteiger partial charge in [-0.3, -0.25) is 14.4 Å². The number of hydrogen-bond acceptors (Lipinski definition) is 7. The van der Waals surface area contributed by atoms with Gasteiger partial charge in [-0.15, -0.1) is 0 Å². The third-order valence-electron chi connectivity index (χ3n) is 6.45. The molecule has 0 radical (unpaired) electrons. The van der Waals surface area contributed by atoms with Crippen LogP contribution in [0.15, 0.2) is 59.5 Å². The first kappa shape index (κ1) is 21.8. The number of rotatable bonds is 6. The van der Waals surface area contributed by atoms with Crippen molar-refractivity contribution >= 4 is 17.6 Å². The van der Waals surface area contributed by atoms with E-state index >= 15 is 0 Å². The summed E-state index contributed by atoms with van der Waals surface area (Å²) in [6.07, 6.45) is 3.28. The molecule has 3 N–H and O–H groups in total. The lowest BCUT2D eigenvalue weighted by Gasteiger charge is -2.28. The number of phenols is 1. The van der Waals surface area contributed by atoms with E-state index in [1.165, 1.54) is 12.6 Å². The Labute approximate surface area is 195 Å². The number of nitrogens with two attached hydrogens (primary N) is 1. The summed E-state index contributed by atoms with van der Waals surface area (Å²) in [6.45, 7) is 0.369. The number of carbonyl (C=O) groups excluding carboxylic acids is 3. The fourth-order valence-corrected chi connectivity index (χ4v) is 4.88. The van der Waals surface area contributed by atoms with Crippen LogP contribution in [0.5, 0.6) is 5.75 Å². The Morgan fingerprint density at radius 2 is 2.09 bits per heavy atom. The summed E-state index contributed by atoms with van der Waals surface area (Å²) in [6, 6.07) is 10.9. The number of likely N-dealkylation sites (tertiary alicyclic amines) is 1. The number of Topliss-reactive ketones (excluding diaryl/α,β-unsaturated/α-hetero) is 1. The highest BCUT2D eigenvalue weighted by Crippen LogP contribution is 2.35. The molecule has 9 heteroatoms. The molecule has 3 unspecified atom stereocenters. The number of hydrogen-bond donors (Lipinski definition) is 2. The average Bonchev–Trinajstić information content (AvgIpc) is 3.57. The lowest BCUT2D eigenvalue weighted by atomic mass is 9.85. The van der Waals surface area contributed by atoms with Crippen molar-refractivity contribution in [1.82, 2.24) is 9.88 Å². The minimum Gasteiger partial charge on any atom is -0.508 e. The fourth-order valence-electron chi connectivity index (χ4n) is 4.88. The van der Waals surface area contributed by atoms with Gasteiger partial charge in [0.05, 0.1) is 18.2 Å². The first-order valence-electron chi connectivity index (χ1n) is 11.0. The van der Waals surface area contributed by atoms with E-state index in [4.69, 9.17) is 14.9 Å². The van der Waals surface area contributed by atoms with Gasteiger partial charge in [0.1, 0.15) is 18.4 Å². The van der Waals surface area contributed by atoms with Crippen LogP contribution < -0.4 is 5.73 Å². The van der Waals surface area contributed by atoms with E-state index in [-0.39, 0.29) is 42.1 Å². The van der Waals surface area contributed by atoms with Crippen LogP contribution in [0.2, 0.25) is 0 Å². The number of ketones is 1. The molecular weight excluding hydrogens is 438 g/mol. The van der Waals surface area contributed by atoms with Gasteiger partial charge < -0.3 is 24.9 Å². The molecule has 2 amide bonds. The maximum absolute atomic E-state index is 14.0. The molecule has 0 spiro atoms. The molecule has 2 fully saturated rings. The van der Waals surface area contributed by atoms with Gasteiger partial charge in [0, 0.05) is 17.7 Å². The summed E-state index contributed by atoms with van der Waals surface area (Å²) >= 11 is 0. The van der Waals surface area contributed by atoms with E-state index in [1.54, 1.807) is 47.4 Å². The van der Waals surface area contributed by atoms with Crippen molar-refractivity contribution in [1.29, 1.82) is 0 Å². The molecule has 2 aliphatic rings. The Morgan fingerprint density at radius 1 is 1.24 bits per heavy atom. The molecule has 34 heavy (non-hydrogen) atoms. The van der Waals surface area contributed by atoms with Crippen LogP contribution in [0.25, 0.3) is 11.3 Å². The van der Waals surface area contributed by atoms with Crippen LogP contribution in [0.1, 0.15) is 33.8 Å². The number of aromatic hydroxyl groups is 1. The zero-order chi connectivity index (χ0) is 23.8. The predicted octanol–water partition coefficient (Wildman–Crippen LogP) is 2.04. The smallest absolute Gasteiger partial charge is 0.249 e. The molecule has 3 heterocycles. The molecule has 5 rings (SSSR count).